The van der Waals surface area contributed by atoms with Gasteiger partial charge < -0.3 is 10.1 Å². The highest BCUT2D eigenvalue weighted by Gasteiger charge is 2.22. The Hall–Kier alpha value is -2.71. The van der Waals surface area contributed by atoms with E-state index in [-0.39, 0.29) is 22.4 Å². The summed E-state index contributed by atoms with van der Waals surface area (Å²) in [5, 5.41) is 2.81. The molecular formula is C23H30N2O5S. The van der Waals surface area contributed by atoms with E-state index in [1.54, 1.807) is 13.8 Å². The number of aryl methyl sites for hydroxylation is 1. The van der Waals surface area contributed by atoms with E-state index in [2.05, 4.69) is 5.32 Å². The molecule has 1 atom stereocenters. The highest BCUT2D eigenvalue weighted by Crippen LogP contribution is 2.16. The molecule has 0 aliphatic carbocycles. The second-order valence-corrected chi connectivity index (χ2v) is 9.12. The highest BCUT2D eigenvalue weighted by atomic mass is 32.2. The van der Waals surface area contributed by atoms with Crippen molar-refractivity contribution in [3.05, 3.63) is 65.7 Å². The molecule has 0 heterocycles. The summed E-state index contributed by atoms with van der Waals surface area (Å²) in [4.78, 5) is 24.4. The molecule has 8 heteroatoms. The van der Waals surface area contributed by atoms with E-state index in [1.807, 2.05) is 37.3 Å². The van der Waals surface area contributed by atoms with Crippen molar-refractivity contribution in [3.63, 3.8) is 0 Å². The zero-order valence-corrected chi connectivity index (χ0v) is 19.0. The maximum absolute atomic E-state index is 12.5. The molecule has 1 amide bonds. The van der Waals surface area contributed by atoms with Gasteiger partial charge in [-0.25, -0.2) is 13.2 Å². The van der Waals surface area contributed by atoms with Crippen molar-refractivity contribution in [3.8, 4) is 0 Å². The van der Waals surface area contributed by atoms with Crippen LogP contribution >= 0.6 is 0 Å². The van der Waals surface area contributed by atoms with Gasteiger partial charge in [0.25, 0.3) is 5.91 Å². The molecular weight excluding hydrogens is 416 g/mol. The van der Waals surface area contributed by atoms with E-state index in [0.717, 1.165) is 12.8 Å². The first-order chi connectivity index (χ1) is 14.8. The Morgan fingerprint density at radius 1 is 1.00 bits per heavy atom. The van der Waals surface area contributed by atoms with Crippen LogP contribution in [0.4, 0.5) is 0 Å². The first-order valence-electron chi connectivity index (χ1n) is 10.4. The highest BCUT2D eigenvalue weighted by molar-refractivity contribution is 7.89. The molecule has 0 aliphatic heterocycles. The van der Waals surface area contributed by atoms with Gasteiger partial charge in [0, 0.05) is 19.1 Å². The Balaban J connectivity index is 1.83. The summed E-state index contributed by atoms with van der Waals surface area (Å²) in [6.07, 6.45) is 1.61. The number of benzene rings is 2. The van der Waals surface area contributed by atoms with Gasteiger partial charge in [0.15, 0.2) is 6.61 Å². The van der Waals surface area contributed by atoms with Gasteiger partial charge in [0.05, 0.1) is 10.5 Å². The number of amides is 1. The van der Waals surface area contributed by atoms with Crippen LogP contribution in [-0.2, 0) is 26.0 Å². The van der Waals surface area contributed by atoms with Crippen LogP contribution in [0.5, 0.6) is 0 Å². The van der Waals surface area contributed by atoms with Gasteiger partial charge in [-0.3, -0.25) is 4.79 Å². The van der Waals surface area contributed by atoms with Crippen LogP contribution in [0.15, 0.2) is 59.5 Å². The minimum absolute atomic E-state index is 0.0593. The van der Waals surface area contributed by atoms with E-state index in [4.69, 9.17) is 4.74 Å². The van der Waals surface area contributed by atoms with Crippen molar-refractivity contribution >= 4 is 21.9 Å². The number of sulfonamides is 1. The summed E-state index contributed by atoms with van der Waals surface area (Å²) in [6, 6.07) is 15.4. The molecule has 0 saturated carbocycles. The summed E-state index contributed by atoms with van der Waals surface area (Å²) in [6.45, 7) is 5.76. The van der Waals surface area contributed by atoms with E-state index in [1.165, 1.54) is 34.1 Å². The Morgan fingerprint density at radius 2 is 1.61 bits per heavy atom. The Bertz CT molecular complexity index is 955. The Labute approximate surface area is 184 Å². The molecule has 0 spiro atoms. The van der Waals surface area contributed by atoms with Crippen molar-refractivity contribution in [1.82, 2.24) is 9.62 Å². The molecule has 1 N–H and O–H groups in total. The fourth-order valence-electron chi connectivity index (χ4n) is 3.11. The summed E-state index contributed by atoms with van der Waals surface area (Å²) in [7, 11) is -3.59. The second-order valence-electron chi connectivity index (χ2n) is 7.18. The average Bonchev–Trinajstić information content (AvgIpc) is 2.77. The second kappa shape index (κ2) is 11.6. The van der Waals surface area contributed by atoms with Gasteiger partial charge >= 0.3 is 5.97 Å². The van der Waals surface area contributed by atoms with Gasteiger partial charge in [0.1, 0.15) is 0 Å². The molecule has 0 radical (unpaired) electrons. The van der Waals surface area contributed by atoms with Crippen LogP contribution in [0.1, 0.15) is 43.1 Å². The molecule has 0 aromatic heterocycles. The van der Waals surface area contributed by atoms with E-state index in [9.17, 15) is 18.0 Å². The first kappa shape index (κ1) is 24.6. The van der Waals surface area contributed by atoms with Crippen LogP contribution in [0.3, 0.4) is 0 Å². The lowest BCUT2D eigenvalue weighted by Crippen LogP contribution is -2.36. The molecule has 0 aliphatic rings. The molecule has 2 aromatic carbocycles. The third-order valence-corrected chi connectivity index (χ3v) is 6.95. The number of esters is 1. The summed E-state index contributed by atoms with van der Waals surface area (Å²) in [5.74, 6) is -1.06. The minimum Gasteiger partial charge on any atom is -0.452 e. The lowest BCUT2D eigenvalue weighted by atomic mass is 10.1. The standard InChI is InChI=1S/C23H30N2O5S/c1-4-25(5-2)31(28,29)21-15-13-20(14-16-21)23(27)30-17-22(26)24-18(3)11-12-19-9-7-6-8-10-19/h6-10,13-16,18H,4-5,11-12,17H2,1-3H3,(H,24,26)/t18-/m1/s1. The first-order valence-corrected chi connectivity index (χ1v) is 11.8. The molecule has 0 bridgehead atoms. The fraction of sp³-hybridized carbons (Fsp3) is 0.391. The summed E-state index contributed by atoms with van der Waals surface area (Å²) < 4.78 is 31.4. The minimum atomic E-state index is -3.59. The normalized spacial score (nSPS) is 12.4. The third kappa shape index (κ3) is 7.18. The number of rotatable bonds is 11. The number of hydrogen-bond acceptors (Lipinski definition) is 5. The average molecular weight is 447 g/mol. The van der Waals surface area contributed by atoms with Crippen molar-refractivity contribution in [1.29, 1.82) is 0 Å². The van der Waals surface area contributed by atoms with Crippen LogP contribution in [-0.4, -0.2) is 50.3 Å². The molecule has 2 rings (SSSR count). The number of nitrogens with zero attached hydrogens (tertiary/aromatic N) is 1. The topological polar surface area (TPSA) is 92.8 Å². The smallest absolute Gasteiger partial charge is 0.338 e. The van der Waals surface area contributed by atoms with Crippen LogP contribution in [0.2, 0.25) is 0 Å². The molecule has 31 heavy (non-hydrogen) atoms. The molecule has 0 saturated heterocycles. The van der Waals surface area contributed by atoms with E-state index < -0.39 is 22.6 Å². The molecule has 2 aromatic rings. The SMILES string of the molecule is CCN(CC)S(=O)(=O)c1ccc(C(=O)OCC(=O)N[C@H](C)CCc2ccccc2)cc1. The molecule has 0 fully saturated rings. The Morgan fingerprint density at radius 3 is 2.19 bits per heavy atom. The summed E-state index contributed by atoms with van der Waals surface area (Å²) in [5.41, 5.74) is 1.38. The summed E-state index contributed by atoms with van der Waals surface area (Å²) >= 11 is 0. The van der Waals surface area contributed by atoms with Gasteiger partial charge in [-0.05, 0) is 49.6 Å². The van der Waals surface area contributed by atoms with Gasteiger partial charge in [0.2, 0.25) is 10.0 Å². The van der Waals surface area contributed by atoms with Crippen LogP contribution in [0, 0.1) is 0 Å². The number of carbonyl (C=O) groups is 2. The number of ether oxygens (including phenoxy) is 1. The third-order valence-electron chi connectivity index (χ3n) is 4.88. The van der Waals surface area contributed by atoms with Crippen molar-refractivity contribution in [2.24, 2.45) is 0 Å². The molecule has 168 valence electrons. The Kier molecular flexibility index (Phi) is 9.21. The lowest BCUT2D eigenvalue weighted by Gasteiger charge is -2.18. The maximum atomic E-state index is 12.5. The monoisotopic (exact) mass is 446 g/mol. The van der Waals surface area contributed by atoms with Crippen molar-refractivity contribution in [2.75, 3.05) is 19.7 Å². The van der Waals surface area contributed by atoms with Crippen molar-refractivity contribution in [2.45, 2.75) is 44.6 Å². The van der Waals surface area contributed by atoms with Crippen molar-refractivity contribution < 1.29 is 22.7 Å². The zero-order valence-electron chi connectivity index (χ0n) is 18.2. The lowest BCUT2D eigenvalue weighted by molar-refractivity contribution is -0.124. The zero-order chi connectivity index (χ0) is 22.9. The molecule has 7 nitrogen and oxygen atoms in total. The largest absolute Gasteiger partial charge is 0.452 e. The number of carbonyl (C=O) groups excluding carboxylic acids is 2. The molecule has 0 unspecified atom stereocenters. The quantitative estimate of drug-likeness (QED) is 0.536. The predicted octanol–water partition coefficient (Wildman–Crippen LogP) is 3.01. The maximum Gasteiger partial charge on any atom is 0.338 e. The van der Waals surface area contributed by atoms with E-state index in [0.29, 0.717) is 13.1 Å². The predicted molar refractivity (Wildman–Crippen MR) is 119 cm³/mol. The van der Waals surface area contributed by atoms with Gasteiger partial charge in [-0.2, -0.15) is 4.31 Å². The van der Waals surface area contributed by atoms with Gasteiger partial charge in [-0.15, -0.1) is 0 Å². The number of nitrogens with one attached hydrogen (secondary N) is 1. The van der Waals surface area contributed by atoms with Crippen LogP contribution in [0.25, 0.3) is 0 Å². The van der Waals surface area contributed by atoms with Gasteiger partial charge in [-0.1, -0.05) is 44.2 Å². The van der Waals surface area contributed by atoms with E-state index >= 15 is 0 Å². The fourth-order valence-corrected chi connectivity index (χ4v) is 4.56. The number of hydrogen-bond donors (Lipinski definition) is 1. The van der Waals surface area contributed by atoms with Crippen LogP contribution < -0.4 is 5.32 Å².